The number of methoxy groups -OCH3 is 1. The molecule has 0 saturated carbocycles. The van der Waals surface area contributed by atoms with Crippen molar-refractivity contribution >= 4 is 11.5 Å². The molecule has 0 aliphatic rings. The van der Waals surface area contributed by atoms with Crippen molar-refractivity contribution in [1.82, 2.24) is 9.97 Å². The Labute approximate surface area is 134 Å². The highest BCUT2D eigenvalue weighted by molar-refractivity contribution is 5.66. The topological polar surface area (TPSA) is 47.0 Å². The maximum absolute atomic E-state index is 14.0. The molecule has 1 aromatic heterocycles. The Hall–Kier alpha value is -2.95. The first-order valence-electron chi connectivity index (χ1n) is 7.17. The molecule has 3 rings (SSSR count). The van der Waals surface area contributed by atoms with Crippen LogP contribution in [-0.4, -0.2) is 17.1 Å². The Morgan fingerprint density at radius 3 is 2.43 bits per heavy atom. The first-order chi connectivity index (χ1) is 11.2. The van der Waals surface area contributed by atoms with E-state index in [9.17, 15) is 4.39 Å². The first kappa shape index (κ1) is 15.0. The summed E-state index contributed by atoms with van der Waals surface area (Å²) in [5.41, 5.74) is 1.87. The maximum Gasteiger partial charge on any atom is 0.134 e. The van der Waals surface area contributed by atoms with E-state index in [4.69, 9.17) is 4.74 Å². The SMILES string of the molecule is COc1ccc(Nc2cc(-c3ccccc3F)nc(C)n2)cc1. The number of hydrogen-bond donors (Lipinski definition) is 1. The molecule has 0 unspecified atom stereocenters. The minimum absolute atomic E-state index is 0.305. The van der Waals surface area contributed by atoms with E-state index in [1.165, 1.54) is 6.07 Å². The highest BCUT2D eigenvalue weighted by Gasteiger charge is 2.09. The second-order valence-corrected chi connectivity index (χ2v) is 5.02. The number of halogens is 1. The van der Waals surface area contributed by atoms with E-state index < -0.39 is 0 Å². The number of benzene rings is 2. The van der Waals surface area contributed by atoms with E-state index in [-0.39, 0.29) is 5.82 Å². The number of nitrogens with zero attached hydrogens (tertiary/aromatic N) is 2. The molecule has 4 nitrogen and oxygen atoms in total. The Kier molecular flexibility index (Phi) is 4.19. The quantitative estimate of drug-likeness (QED) is 0.778. The molecule has 1 N–H and O–H groups in total. The summed E-state index contributed by atoms with van der Waals surface area (Å²) in [6, 6.07) is 15.8. The van der Waals surface area contributed by atoms with Crippen LogP contribution in [0, 0.1) is 12.7 Å². The first-order valence-corrected chi connectivity index (χ1v) is 7.17. The molecule has 5 heteroatoms. The van der Waals surface area contributed by atoms with Crippen LogP contribution < -0.4 is 10.1 Å². The molecule has 0 atom stereocenters. The Bertz CT molecular complexity index is 819. The van der Waals surface area contributed by atoms with Crippen LogP contribution in [0.25, 0.3) is 11.3 Å². The molecule has 0 amide bonds. The van der Waals surface area contributed by atoms with Crippen molar-refractivity contribution in [3.05, 3.63) is 66.2 Å². The van der Waals surface area contributed by atoms with E-state index >= 15 is 0 Å². The van der Waals surface area contributed by atoms with Crippen LogP contribution in [-0.2, 0) is 0 Å². The molecule has 0 spiro atoms. The van der Waals surface area contributed by atoms with Crippen molar-refractivity contribution in [1.29, 1.82) is 0 Å². The van der Waals surface area contributed by atoms with Gasteiger partial charge in [-0.2, -0.15) is 0 Å². The van der Waals surface area contributed by atoms with Crippen LogP contribution in [0.4, 0.5) is 15.9 Å². The lowest BCUT2D eigenvalue weighted by molar-refractivity contribution is 0.415. The molecule has 1 heterocycles. The lowest BCUT2D eigenvalue weighted by Crippen LogP contribution is -1.99. The zero-order chi connectivity index (χ0) is 16.2. The number of nitrogens with one attached hydrogen (secondary N) is 1. The predicted octanol–water partition coefficient (Wildman–Crippen LogP) is 4.34. The lowest BCUT2D eigenvalue weighted by Gasteiger charge is -2.10. The summed E-state index contributed by atoms with van der Waals surface area (Å²) in [6.45, 7) is 1.78. The Balaban J connectivity index is 1.92. The van der Waals surface area contributed by atoms with Gasteiger partial charge in [-0.15, -0.1) is 0 Å². The van der Waals surface area contributed by atoms with Gasteiger partial charge in [0.1, 0.15) is 23.2 Å². The molecule has 116 valence electrons. The fourth-order valence-corrected chi connectivity index (χ4v) is 2.26. The zero-order valence-electron chi connectivity index (χ0n) is 12.9. The number of hydrogen-bond acceptors (Lipinski definition) is 4. The average molecular weight is 309 g/mol. The molecule has 3 aromatic rings. The van der Waals surface area contributed by atoms with Crippen LogP contribution in [0.5, 0.6) is 5.75 Å². The summed E-state index contributed by atoms with van der Waals surface area (Å²) in [5, 5.41) is 3.20. The number of rotatable bonds is 4. The summed E-state index contributed by atoms with van der Waals surface area (Å²) >= 11 is 0. The largest absolute Gasteiger partial charge is 0.497 e. The number of anilines is 2. The normalized spacial score (nSPS) is 10.4. The molecule has 23 heavy (non-hydrogen) atoms. The lowest BCUT2D eigenvalue weighted by atomic mass is 10.1. The monoisotopic (exact) mass is 309 g/mol. The van der Waals surface area contributed by atoms with Gasteiger partial charge in [0, 0.05) is 17.3 Å². The van der Waals surface area contributed by atoms with Crippen molar-refractivity contribution in [2.24, 2.45) is 0 Å². The van der Waals surface area contributed by atoms with Gasteiger partial charge >= 0.3 is 0 Å². The molecule has 2 aromatic carbocycles. The summed E-state index contributed by atoms with van der Waals surface area (Å²) in [4.78, 5) is 8.67. The van der Waals surface area contributed by atoms with Crippen LogP contribution in [0.1, 0.15) is 5.82 Å². The third-order valence-corrected chi connectivity index (χ3v) is 3.35. The van der Waals surface area contributed by atoms with Gasteiger partial charge in [-0.3, -0.25) is 0 Å². The van der Waals surface area contributed by atoms with Crippen molar-refractivity contribution < 1.29 is 9.13 Å². The molecule has 0 bridgehead atoms. The molecular formula is C18H16FN3O. The molecular weight excluding hydrogens is 293 g/mol. The van der Waals surface area contributed by atoms with Gasteiger partial charge in [0.2, 0.25) is 0 Å². The minimum Gasteiger partial charge on any atom is -0.497 e. The highest BCUT2D eigenvalue weighted by Crippen LogP contribution is 2.25. The van der Waals surface area contributed by atoms with Gasteiger partial charge in [-0.1, -0.05) is 12.1 Å². The average Bonchev–Trinajstić information content (AvgIpc) is 2.55. The van der Waals surface area contributed by atoms with E-state index in [0.717, 1.165) is 11.4 Å². The predicted molar refractivity (Wildman–Crippen MR) is 88.4 cm³/mol. The number of aromatic nitrogens is 2. The second-order valence-electron chi connectivity index (χ2n) is 5.02. The van der Waals surface area contributed by atoms with Crippen molar-refractivity contribution in [2.75, 3.05) is 12.4 Å². The second kappa shape index (κ2) is 6.44. The summed E-state index contributed by atoms with van der Waals surface area (Å²) in [5.74, 6) is 1.66. The Morgan fingerprint density at radius 1 is 1.00 bits per heavy atom. The fraction of sp³-hybridized carbons (Fsp3) is 0.111. The Morgan fingerprint density at radius 2 is 1.74 bits per heavy atom. The van der Waals surface area contributed by atoms with Gasteiger partial charge in [0.15, 0.2) is 0 Å². The van der Waals surface area contributed by atoms with Crippen molar-refractivity contribution in [3.63, 3.8) is 0 Å². The fourth-order valence-electron chi connectivity index (χ4n) is 2.26. The third-order valence-electron chi connectivity index (χ3n) is 3.35. The van der Waals surface area contributed by atoms with Gasteiger partial charge in [-0.25, -0.2) is 14.4 Å². The molecule has 0 aliphatic heterocycles. The zero-order valence-corrected chi connectivity index (χ0v) is 12.9. The van der Waals surface area contributed by atoms with Crippen LogP contribution in [0.3, 0.4) is 0 Å². The maximum atomic E-state index is 14.0. The van der Waals surface area contributed by atoms with E-state index in [0.29, 0.717) is 22.9 Å². The molecule has 0 radical (unpaired) electrons. The summed E-state index contributed by atoms with van der Waals surface area (Å²) in [6.07, 6.45) is 0. The molecule has 0 aliphatic carbocycles. The smallest absolute Gasteiger partial charge is 0.134 e. The van der Waals surface area contributed by atoms with Gasteiger partial charge in [0.25, 0.3) is 0 Å². The summed E-state index contributed by atoms with van der Waals surface area (Å²) in [7, 11) is 1.62. The number of aryl methyl sites for hydroxylation is 1. The molecule has 0 fully saturated rings. The van der Waals surface area contributed by atoms with E-state index in [2.05, 4.69) is 15.3 Å². The van der Waals surface area contributed by atoms with Crippen molar-refractivity contribution in [2.45, 2.75) is 6.92 Å². The summed E-state index contributed by atoms with van der Waals surface area (Å²) < 4.78 is 19.1. The van der Waals surface area contributed by atoms with Crippen LogP contribution in [0.2, 0.25) is 0 Å². The third kappa shape index (κ3) is 3.45. The molecule has 0 saturated heterocycles. The standard InChI is InChI=1S/C18H16FN3O/c1-12-20-17(15-5-3-4-6-16(15)19)11-18(21-12)22-13-7-9-14(23-2)10-8-13/h3-11H,1-2H3,(H,20,21,22). The van der Waals surface area contributed by atoms with Gasteiger partial charge < -0.3 is 10.1 Å². The van der Waals surface area contributed by atoms with Gasteiger partial charge in [0.05, 0.1) is 12.8 Å². The van der Waals surface area contributed by atoms with Crippen LogP contribution >= 0.6 is 0 Å². The minimum atomic E-state index is -0.305. The van der Waals surface area contributed by atoms with Gasteiger partial charge in [-0.05, 0) is 43.3 Å². The van der Waals surface area contributed by atoms with E-state index in [1.54, 1.807) is 38.3 Å². The highest BCUT2D eigenvalue weighted by atomic mass is 19.1. The van der Waals surface area contributed by atoms with Crippen molar-refractivity contribution in [3.8, 4) is 17.0 Å². The number of ether oxygens (including phenoxy) is 1. The van der Waals surface area contributed by atoms with E-state index in [1.807, 2.05) is 24.3 Å². The van der Waals surface area contributed by atoms with Crippen LogP contribution in [0.15, 0.2) is 54.6 Å².